The molecular weight excluding hydrogens is 272 g/mol. The summed E-state index contributed by atoms with van der Waals surface area (Å²) in [6.07, 6.45) is 1.07. The minimum atomic E-state index is 0.438. The molecule has 0 amide bonds. The van der Waals surface area contributed by atoms with Gasteiger partial charge in [0.1, 0.15) is 4.99 Å². The van der Waals surface area contributed by atoms with Crippen LogP contribution in [0.4, 0.5) is 5.69 Å². The summed E-state index contributed by atoms with van der Waals surface area (Å²) in [5.74, 6) is 0. The quantitative estimate of drug-likeness (QED) is 0.821. The molecule has 0 atom stereocenters. The van der Waals surface area contributed by atoms with Crippen LogP contribution in [0, 0.1) is 6.92 Å². The van der Waals surface area contributed by atoms with E-state index in [1.807, 2.05) is 12.1 Å². The van der Waals surface area contributed by atoms with E-state index in [2.05, 4.69) is 36.7 Å². The average molecular weight is 290 g/mol. The Morgan fingerprint density at radius 2 is 2.16 bits per heavy atom. The summed E-state index contributed by atoms with van der Waals surface area (Å²) in [5, 5.41) is 5.62. The van der Waals surface area contributed by atoms with Crippen LogP contribution in [0.2, 0.25) is 0 Å². The molecule has 1 aromatic heterocycles. The van der Waals surface area contributed by atoms with Crippen LogP contribution in [-0.2, 0) is 13.0 Å². The number of thiophene rings is 1. The molecule has 3 N–H and O–H groups in total. The molecular formula is C15H18N2S2. The van der Waals surface area contributed by atoms with Crippen molar-refractivity contribution in [2.75, 3.05) is 5.32 Å². The molecule has 2 nitrogen and oxygen atoms in total. The Labute approximate surface area is 123 Å². The third kappa shape index (κ3) is 3.14. The lowest BCUT2D eigenvalue weighted by Crippen LogP contribution is -2.14. The van der Waals surface area contributed by atoms with Gasteiger partial charge in [-0.3, -0.25) is 0 Å². The molecule has 1 aromatic carbocycles. The molecule has 100 valence electrons. The van der Waals surface area contributed by atoms with Crippen molar-refractivity contribution in [3.8, 4) is 0 Å². The van der Waals surface area contributed by atoms with Crippen LogP contribution in [0.1, 0.15) is 28.5 Å². The summed E-state index contributed by atoms with van der Waals surface area (Å²) in [5.41, 5.74) is 10.3. The largest absolute Gasteiger partial charge is 0.389 e. The molecule has 2 rings (SSSR count). The fourth-order valence-electron chi connectivity index (χ4n) is 2.11. The molecule has 19 heavy (non-hydrogen) atoms. The minimum Gasteiger partial charge on any atom is -0.389 e. The number of nitrogens with one attached hydrogen (secondary N) is 1. The second-order valence-corrected chi connectivity index (χ2v) is 5.88. The van der Waals surface area contributed by atoms with Gasteiger partial charge in [-0.25, -0.2) is 0 Å². The predicted molar refractivity (Wildman–Crippen MR) is 88.1 cm³/mol. The van der Waals surface area contributed by atoms with Gasteiger partial charge in [-0.15, -0.1) is 11.3 Å². The number of thiocarbonyl (C=S) groups is 1. The van der Waals surface area contributed by atoms with E-state index in [0.29, 0.717) is 4.99 Å². The van der Waals surface area contributed by atoms with Crippen LogP contribution in [0.15, 0.2) is 29.6 Å². The number of anilines is 1. The molecule has 0 saturated heterocycles. The van der Waals surface area contributed by atoms with Crippen molar-refractivity contribution in [2.24, 2.45) is 5.73 Å². The van der Waals surface area contributed by atoms with Gasteiger partial charge in [-0.2, -0.15) is 0 Å². The molecule has 0 bridgehead atoms. The fraction of sp³-hybridized carbons (Fsp3) is 0.267. The SMILES string of the molecule is CCc1ccsc1CNc1c(C)cccc1C(N)=S. The monoisotopic (exact) mass is 290 g/mol. The van der Waals surface area contributed by atoms with E-state index in [9.17, 15) is 0 Å². The van der Waals surface area contributed by atoms with Gasteiger partial charge in [0.2, 0.25) is 0 Å². The highest BCUT2D eigenvalue weighted by Gasteiger charge is 2.09. The second-order valence-electron chi connectivity index (χ2n) is 4.44. The summed E-state index contributed by atoms with van der Waals surface area (Å²) in [6, 6.07) is 8.21. The number of hydrogen-bond acceptors (Lipinski definition) is 3. The van der Waals surface area contributed by atoms with Gasteiger partial charge >= 0.3 is 0 Å². The first-order chi connectivity index (χ1) is 9.13. The van der Waals surface area contributed by atoms with Gasteiger partial charge < -0.3 is 11.1 Å². The molecule has 0 aliphatic rings. The molecule has 0 aliphatic heterocycles. The maximum Gasteiger partial charge on any atom is 0.106 e. The lowest BCUT2D eigenvalue weighted by Gasteiger charge is -2.14. The Kier molecular flexibility index (Phi) is 4.56. The Morgan fingerprint density at radius 1 is 1.37 bits per heavy atom. The van der Waals surface area contributed by atoms with Gasteiger partial charge in [0.25, 0.3) is 0 Å². The molecule has 2 aromatic rings. The van der Waals surface area contributed by atoms with E-state index in [0.717, 1.165) is 24.2 Å². The van der Waals surface area contributed by atoms with Gasteiger partial charge in [-0.1, -0.05) is 31.3 Å². The van der Waals surface area contributed by atoms with Crippen LogP contribution in [-0.4, -0.2) is 4.99 Å². The van der Waals surface area contributed by atoms with E-state index in [4.69, 9.17) is 18.0 Å². The summed E-state index contributed by atoms with van der Waals surface area (Å²) >= 11 is 6.90. The van der Waals surface area contributed by atoms with Crippen molar-refractivity contribution in [2.45, 2.75) is 26.8 Å². The highest BCUT2D eigenvalue weighted by molar-refractivity contribution is 7.80. The molecule has 0 radical (unpaired) electrons. The molecule has 0 unspecified atom stereocenters. The van der Waals surface area contributed by atoms with Crippen molar-refractivity contribution >= 4 is 34.2 Å². The average Bonchev–Trinajstić information content (AvgIpc) is 2.84. The molecule has 4 heteroatoms. The topological polar surface area (TPSA) is 38.0 Å². The van der Waals surface area contributed by atoms with E-state index in [1.54, 1.807) is 11.3 Å². The van der Waals surface area contributed by atoms with Crippen LogP contribution >= 0.6 is 23.6 Å². The molecule has 0 aliphatic carbocycles. The maximum atomic E-state index is 5.78. The Balaban J connectivity index is 2.22. The summed E-state index contributed by atoms with van der Waals surface area (Å²) in [4.78, 5) is 1.81. The third-order valence-electron chi connectivity index (χ3n) is 3.18. The fourth-order valence-corrected chi connectivity index (χ4v) is 3.20. The minimum absolute atomic E-state index is 0.438. The van der Waals surface area contributed by atoms with Crippen molar-refractivity contribution < 1.29 is 0 Å². The smallest absolute Gasteiger partial charge is 0.106 e. The molecule has 1 heterocycles. The van der Waals surface area contributed by atoms with Crippen molar-refractivity contribution in [1.82, 2.24) is 0 Å². The van der Waals surface area contributed by atoms with Crippen LogP contribution in [0.25, 0.3) is 0 Å². The Hall–Kier alpha value is -1.39. The number of rotatable bonds is 5. The highest BCUT2D eigenvalue weighted by atomic mass is 32.1. The maximum absolute atomic E-state index is 5.78. The molecule has 0 fully saturated rings. The lowest BCUT2D eigenvalue weighted by atomic mass is 10.1. The number of benzene rings is 1. The number of hydrogen-bond donors (Lipinski definition) is 2. The number of aryl methyl sites for hydroxylation is 2. The first-order valence-corrected chi connectivity index (χ1v) is 7.60. The normalized spacial score (nSPS) is 10.4. The van der Waals surface area contributed by atoms with Crippen molar-refractivity contribution in [1.29, 1.82) is 0 Å². The zero-order valence-electron chi connectivity index (χ0n) is 11.2. The van der Waals surface area contributed by atoms with E-state index in [-0.39, 0.29) is 0 Å². The van der Waals surface area contributed by atoms with Gasteiger partial charge in [0, 0.05) is 22.7 Å². The second kappa shape index (κ2) is 6.17. The number of nitrogens with two attached hydrogens (primary N) is 1. The molecule has 0 spiro atoms. The van der Waals surface area contributed by atoms with Gasteiger partial charge in [-0.05, 0) is 42.0 Å². The van der Waals surface area contributed by atoms with Crippen LogP contribution in [0.3, 0.4) is 0 Å². The van der Waals surface area contributed by atoms with Crippen LogP contribution in [0.5, 0.6) is 0 Å². The van der Waals surface area contributed by atoms with Gasteiger partial charge in [0.15, 0.2) is 0 Å². The summed E-state index contributed by atoms with van der Waals surface area (Å²) in [6.45, 7) is 5.07. The Bertz CT molecular complexity index is 588. The lowest BCUT2D eigenvalue weighted by molar-refractivity contribution is 1.08. The number of para-hydroxylation sites is 1. The zero-order valence-corrected chi connectivity index (χ0v) is 12.8. The van der Waals surface area contributed by atoms with Crippen molar-refractivity contribution in [3.05, 3.63) is 51.2 Å². The van der Waals surface area contributed by atoms with Gasteiger partial charge in [0.05, 0.1) is 0 Å². The van der Waals surface area contributed by atoms with E-state index >= 15 is 0 Å². The highest BCUT2D eigenvalue weighted by Crippen LogP contribution is 2.24. The third-order valence-corrected chi connectivity index (χ3v) is 4.37. The first-order valence-electron chi connectivity index (χ1n) is 6.32. The predicted octanol–water partition coefficient (Wildman–Crippen LogP) is 3.87. The van der Waals surface area contributed by atoms with Crippen molar-refractivity contribution in [3.63, 3.8) is 0 Å². The van der Waals surface area contributed by atoms with Crippen LogP contribution < -0.4 is 11.1 Å². The zero-order chi connectivity index (χ0) is 13.8. The van der Waals surface area contributed by atoms with E-state index in [1.165, 1.54) is 16.0 Å². The summed E-state index contributed by atoms with van der Waals surface area (Å²) in [7, 11) is 0. The molecule has 0 saturated carbocycles. The summed E-state index contributed by atoms with van der Waals surface area (Å²) < 4.78 is 0. The standard InChI is InChI=1S/C15H18N2S2/c1-3-11-7-8-19-13(11)9-17-14-10(2)5-4-6-12(14)15(16)18/h4-8,17H,3,9H2,1-2H3,(H2,16,18). The van der Waals surface area contributed by atoms with E-state index < -0.39 is 0 Å². The Morgan fingerprint density at radius 3 is 2.84 bits per heavy atom. The first kappa shape index (κ1) is 14.0.